The Morgan fingerprint density at radius 2 is 2.16 bits per heavy atom. The van der Waals surface area contributed by atoms with Gasteiger partial charge in [-0.1, -0.05) is 13.0 Å². The van der Waals surface area contributed by atoms with Crippen LogP contribution in [0.3, 0.4) is 0 Å². The molecule has 0 radical (unpaired) electrons. The van der Waals surface area contributed by atoms with E-state index in [9.17, 15) is 4.39 Å². The fourth-order valence-electron chi connectivity index (χ4n) is 3.70. The molecule has 1 saturated heterocycles. The second kappa shape index (κ2) is 4.17. The molecule has 0 spiro atoms. The Hall–Kier alpha value is -1.16. The van der Waals surface area contributed by atoms with Crippen LogP contribution in [0.2, 0.25) is 0 Å². The number of hydrogen-bond donors (Lipinski definition) is 1. The van der Waals surface area contributed by atoms with Gasteiger partial charge in [-0.05, 0) is 43.0 Å². The first-order valence-electron chi connectivity index (χ1n) is 6.77. The maximum Gasteiger partial charge on any atom is 0.165 e. The van der Waals surface area contributed by atoms with Gasteiger partial charge in [0.15, 0.2) is 11.6 Å². The third-order valence-electron chi connectivity index (χ3n) is 4.88. The second-order valence-corrected chi connectivity index (χ2v) is 5.82. The minimum Gasteiger partial charge on any atom is -0.494 e. The first-order valence-corrected chi connectivity index (χ1v) is 6.77. The van der Waals surface area contributed by atoms with Gasteiger partial charge in [0.1, 0.15) is 5.67 Å². The maximum atomic E-state index is 15.2. The van der Waals surface area contributed by atoms with Crippen LogP contribution in [0.5, 0.6) is 5.75 Å². The van der Waals surface area contributed by atoms with Gasteiger partial charge in [0.25, 0.3) is 0 Å². The summed E-state index contributed by atoms with van der Waals surface area (Å²) in [5.74, 6) is 0.0582. The lowest BCUT2D eigenvalue weighted by atomic mass is 9.77. The predicted molar refractivity (Wildman–Crippen MR) is 69.7 cm³/mol. The molecule has 1 aliphatic heterocycles. The molecule has 1 heterocycles. The van der Waals surface area contributed by atoms with E-state index in [1.165, 1.54) is 13.2 Å². The summed E-state index contributed by atoms with van der Waals surface area (Å²) in [7, 11) is 1.44. The van der Waals surface area contributed by atoms with Crippen molar-refractivity contribution < 1.29 is 13.5 Å². The van der Waals surface area contributed by atoms with Crippen LogP contribution >= 0.6 is 0 Å². The Balaban J connectivity index is 2.01. The Morgan fingerprint density at radius 3 is 2.63 bits per heavy atom. The topological polar surface area (TPSA) is 21.3 Å². The molecule has 2 aliphatic rings. The fraction of sp³-hybridized carbons (Fsp3) is 0.600. The molecule has 1 aromatic carbocycles. The summed E-state index contributed by atoms with van der Waals surface area (Å²) in [6.45, 7) is 3.11. The molecule has 104 valence electrons. The summed E-state index contributed by atoms with van der Waals surface area (Å²) in [5.41, 5.74) is -1.01. The van der Waals surface area contributed by atoms with E-state index in [4.69, 9.17) is 4.74 Å². The third-order valence-corrected chi connectivity index (χ3v) is 4.88. The zero-order valence-electron chi connectivity index (χ0n) is 11.3. The van der Waals surface area contributed by atoms with Crippen LogP contribution in [0.25, 0.3) is 0 Å². The van der Waals surface area contributed by atoms with E-state index in [0.717, 1.165) is 12.0 Å². The molecule has 2 fully saturated rings. The number of alkyl halides is 1. The van der Waals surface area contributed by atoms with E-state index in [1.807, 2.05) is 13.0 Å². The van der Waals surface area contributed by atoms with E-state index in [2.05, 4.69) is 5.32 Å². The highest BCUT2D eigenvalue weighted by Crippen LogP contribution is 2.63. The Labute approximate surface area is 112 Å². The largest absolute Gasteiger partial charge is 0.494 e. The first-order chi connectivity index (χ1) is 9.03. The highest BCUT2D eigenvalue weighted by atomic mass is 19.1. The summed E-state index contributed by atoms with van der Waals surface area (Å²) in [5, 5.41) is 3.09. The average molecular weight is 267 g/mol. The summed E-state index contributed by atoms with van der Waals surface area (Å²) in [4.78, 5) is 0. The lowest BCUT2D eigenvalue weighted by Gasteiger charge is -2.31. The standard InChI is InChI=1S/C15H19F2NO/c1-10-8-15(10,14(17)5-6-18-9-14)11-3-4-13(19-2)12(16)7-11/h3-4,7,10,18H,5-6,8-9H2,1-2H3/t10-,14-,15?/m0/s1. The molecule has 1 N–H and O–H groups in total. The van der Waals surface area contributed by atoms with Crippen LogP contribution in [0, 0.1) is 11.7 Å². The quantitative estimate of drug-likeness (QED) is 0.909. The van der Waals surface area contributed by atoms with Crippen LogP contribution in [-0.2, 0) is 5.41 Å². The molecule has 0 bridgehead atoms. The van der Waals surface area contributed by atoms with Crippen molar-refractivity contribution in [1.82, 2.24) is 5.32 Å². The van der Waals surface area contributed by atoms with E-state index >= 15 is 4.39 Å². The Morgan fingerprint density at radius 1 is 1.42 bits per heavy atom. The Bertz CT molecular complexity index is 499. The molecule has 3 rings (SSSR count). The molecule has 1 aliphatic carbocycles. The number of ether oxygens (including phenoxy) is 1. The van der Waals surface area contributed by atoms with Gasteiger partial charge in [-0.2, -0.15) is 0 Å². The molecule has 1 saturated carbocycles. The third kappa shape index (κ3) is 1.69. The number of rotatable bonds is 3. The summed E-state index contributed by atoms with van der Waals surface area (Å²) in [6, 6.07) is 4.86. The van der Waals surface area contributed by atoms with Crippen LogP contribution in [-0.4, -0.2) is 25.9 Å². The predicted octanol–water partition coefficient (Wildman–Crippen LogP) is 2.81. The zero-order chi connectivity index (χ0) is 13.7. The van der Waals surface area contributed by atoms with Crippen molar-refractivity contribution in [3.8, 4) is 5.75 Å². The van der Waals surface area contributed by atoms with Crippen molar-refractivity contribution in [3.63, 3.8) is 0 Å². The van der Waals surface area contributed by atoms with E-state index < -0.39 is 16.9 Å². The van der Waals surface area contributed by atoms with Crippen molar-refractivity contribution in [2.24, 2.45) is 5.92 Å². The highest BCUT2D eigenvalue weighted by Gasteiger charge is 2.67. The van der Waals surface area contributed by atoms with Gasteiger partial charge in [0, 0.05) is 12.0 Å². The minimum absolute atomic E-state index is 0.213. The van der Waals surface area contributed by atoms with Gasteiger partial charge in [-0.15, -0.1) is 0 Å². The molecule has 2 nitrogen and oxygen atoms in total. The smallest absolute Gasteiger partial charge is 0.165 e. The molecule has 3 atom stereocenters. The maximum absolute atomic E-state index is 15.2. The SMILES string of the molecule is COc1ccc(C2([C@]3(F)CCNC3)C[C@@H]2C)cc1F. The van der Waals surface area contributed by atoms with Gasteiger partial charge in [-0.25, -0.2) is 8.78 Å². The molecular formula is C15H19F2NO. The van der Waals surface area contributed by atoms with Gasteiger partial charge in [-0.3, -0.25) is 0 Å². The van der Waals surface area contributed by atoms with Crippen molar-refractivity contribution in [2.75, 3.05) is 20.2 Å². The summed E-state index contributed by atoms with van der Waals surface area (Å²) < 4.78 is 34.0. The lowest BCUT2D eigenvalue weighted by molar-refractivity contribution is 0.124. The number of nitrogens with one attached hydrogen (secondary N) is 1. The van der Waals surface area contributed by atoms with E-state index in [0.29, 0.717) is 19.5 Å². The van der Waals surface area contributed by atoms with Crippen LogP contribution in [0.4, 0.5) is 8.78 Å². The molecular weight excluding hydrogens is 248 g/mol. The van der Waals surface area contributed by atoms with Crippen LogP contribution < -0.4 is 10.1 Å². The molecule has 1 aromatic rings. The number of benzene rings is 1. The molecule has 19 heavy (non-hydrogen) atoms. The normalized spacial score (nSPS) is 37.4. The van der Waals surface area contributed by atoms with Gasteiger partial charge in [0.05, 0.1) is 7.11 Å². The second-order valence-electron chi connectivity index (χ2n) is 5.82. The minimum atomic E-state index is -1.26. The average Bonchev–Trinajstić information content (AvgIpc) is 2.88. The zero-order valence-corrected chi connectivity index (χ0v) is 11.3. The Kier molecular flexibility index (Phi) is 2.82. The van der Waals surface area contributed by atoms with Gasteiger partial charge >= 0.3 is 0 Å². The van der Waals surface area contributed by atoms with E-state index in [1.54, 1.807) is 6.07 Å². The summed E-state index contributed by atoms with van der Waals surface area (Å²) >= 11 is 0. The molecule has 1 unspecified atom stereocenters. The molecule has 4 heteroatoms. The van der Waals surface area contributed by atoms with Gasteiger partial charge in [0.2, 0.25) is 0 Å². The number of hydrogen-bond acceptors (Lipinski definition) is 2. The molecule has 0 aromatic heterocycles. The summed E-state index contributed by atoms with van der Waals surface area (Å²) in [6.07, 6.45) is 1.29. The van der Waals surface area contributed by atoms with E-state index in [-0.39, 0.29) is 11.7 Å². The van der Waals surface area contributed by atoms with Crippen molar-refractivity contribution in [1.29, 1.82) is 0 Å². The lowest BCUT2D eigenvalue weighted by Crippen LogP contribution is -2.41. The number of halogens is 2. The number of methoxy groups -OCH3 is 1. The fourth-order valence-corrected chi connectivity index (χ4v) is 3.70. The highest BCUT2D eigenvalue weighted by molar-refractivity contribution is 5.42. The van der Waals surface area contributed by atoms with Crippen molar-refractivity contribution >= 4 is 0 Å². The van der Waals surface area contributed by atoms with Gasteiger partial charge < -0.3 is 10.1 Å². The monoisotopic (exact) mass is 267 g/mol. The first kappa shape index (κ1) is 12.9. The van der Waals surface area contributed by atoms with Crippen molar-refractivity contribution in [3.05, 3.63) is 29.6 Å². The molecule has 0 amide bonds. The van der Waals surface area contributed by atoms with Crippen molar-refractivity contribution in [2.45, 2.75) is 30.8 Å². The van der Waals surface area contributed by atoms with Crippen LogP contribution in [0.1, 0.15) is 25.3 Å². The van der Waals surface area contributed by atoms with Crippen LogP contribution in [0.15, 0.2) is 18.2 Å².